The number of allylic oxidation sites excluding steroid dienone is 3. The molecular formula is C33H40N2O3. The lowest BCUT2D eigenvalue weighted by atomic mass is 9.47. The molecule has 2 fully saturated rings. The summed E-state index contributed by atoms with van der Waals surface area (Å²) in [5.41, 5.74) is 11.8. The van der Waals surface area contributed by atoms with Crippen molar-refractivity contribution in [3.8, 4) is 5.75 Å². The number of rotatable bonds is 5. The van der Waals surface area contributed by atoms with Gasteiger partial charge in [-0.1, -0.05) is 49.8 Å². The lowest BCUT2D eigenvalue weighted by molar-refractivity contribution is -0.153. The summed E-state index contributed by atoms with van der Waals surface area (Å²) >= 11 is 0. The summed E-state index contributed by atoms with van der Waals surface area (Å²) in [6, 6.07) is 10.4. The average molecular weight is 513 g/mol. The Hall–Kier alpha value is -2.92. The third-order valence-corrected chi connectivity index (χ3v) is 10.6. The second-order valence-electron chi connectivity index (χ2n) is 12.6. The number of phenols is 1. The van der Waals surface area contributed by atoms with Crippen molar-refractivity contribution in [1.82, 2.24) is 4.98 Å². The summed E-state index contributed by atoms with van der Waals surface area (Å²) in [5.74, 6) is 1.95. The van der Waals surface area contributed by atoms with Crippen LogP contribution in [0.3, 0.4) is 0 Å². The average Bonchev–Trinajstić information content (AvgIpc) is 3.28. The number of nitrogens with two attached hydrogens (primary N) is 1. The van der Waals surface area contributed by atoms with Crippen LogP contribution in [0.4, 0.5) is 0 Å². The van der Waals surface area contributed by atoms with Crippen molar-refractivity contribution in [2.24, 2.45) is 34.3 Å². The zero-order valence-corrected chi connectivity index (χ0v) is 22.6. The highest BCUT2D eigenvalue weighted by Crippen LogP contribution is 2.66. The van der Waals surface area contributed by atoms with Gasteiger partial charge in [0.2, 0.25) is 0 Å². The van der Waals surface area contributed by atoms with Gasteiger partial charge in [0, 0.05) is 18.8 Å². The molecule has 7 atom stereocenters. The number of ether oxygens (including phenoxy) is 1. The van der Waals surface area contributed by atoms with E-state index in [9.17, 15) is 9.90 Å². The monoisotopic (exact) mass is 512 g/mol. The molecule has 5 nitrogen and oxygen atoms in total. The molecule has 0 saturated heterocycles. The number of hydrogen-bond acceptors (Lipinski definition) is 5. The number of pyridine rings is 1. The van der Waals surface area contributed by atoms with E-state index in [4.69, 9.17) is 10.5 Å². The predicted molar refractivity (Wildman–Crippen MR) is 149 cm³/mol. The lowest BCUT2D eigenvalue weighted by Gasteiger charge is -2.57. The largest absolute Gasteiger partial charge is 0.508 e. The number of aromatic nitrogens is 1. The molecule has 0 bridgehead atoms. The summed E-state index contributed by atoms with van der Waals surface area (Å²) in [6.07, 6.45) is 16.8. The second-order valence-corrected chi connectivity index (χ2v) is 12.6. The number of benzene rings is 1. The first-order chi connectivity index (χ1) is 18.3. The number of hydrogen-bond donors (Lipinski definition) is 2. The van der Waals surface area contributed by atoms with Crippen molar-refractivity contribution in [2.75, 3.05) is 0 Å². The fourth-order valence-corrected chi connectivity index (χ4v) is 8.49. The van der Waals surface area contributed by atoms with E-state index in [1.807, 2.05) is 12.4 Å². The van der Waals surface area contributed by atoms with Crippen molar-refractivity contribution in [2.45, 2.75) is 77.4 Å². The van der Waals surface area contributed by atoms with Gasteiger partial charge in [-0.05, 0) is 108 Å². The molecule has 3 N–H and O–H groups in total. The van der Waals surface area contributed by atoms with Crippen molar-refractivity contribution >= 4 is 11.5 Å². The van der Waals surface area contributed by atoms with Gasteiger partial charge >= 0.3 is 5.97 Å². The highest BCUT2D eigenvalue weighted by atomic mass is 16.5. The molecule has 1 aromatic carbocycles. The zero-order valence-electron chi connectivity index (χ0n) is 22.6. The minimum absolute atomic E-state index is 0.0940. The quantitative estimate of drug-likeness (QED) is 0.367. The van der Waals surface area contributed by atoms with Gasteiger partial charge in [0.25, 0.3) is 0 Å². The van der Waals surface area contributed by atoms with Gasteiger partial charge in [-0.25, -0.2) is 0 Å². The second kappa shape index (κ2) is 9.68. The highest BCUT2D eigenvalue weighted by Gasteiger charge is 2.57. The molecular weight excluding hydrogens is 472 g/mol. The smallest absolute Gasteiger partial charge is 0.323 e. The number of phenolic OH excluding ortho intramolecular Hbond substituents is 1. The standard InChI is InChI=1S/C33H40N2O3/c1-32-15-13-25(38-31(37)30(34)18-21-5-8-24(36)9-6-21)19-23(32)7-10-26-28-12-11-27(22-4-3-17-35-20-22)33(28,2)16-14-29(26)32/h3-9,11,17,20,25-26,28-30,36H,10,12-16,18-19,34H2,1-2H3/t25-,26-,28-,29-,30-,32-,33+/m0/s1. The van der Waals surface area contributed by atoms with E-state index < -0.39 is 6.04 Å². The van der Waals surface area contributed by atoms with Gasteiger partial charge < -0.3 is 15.6 Å². The Kier molecular flexibility index (Phi) is 6.46. The van der Waals surface area contributed by atoms with E-state index in [1.54, 1.807) is 24.3 Å². The van der Waals surface area contributed by atoms with Crippen LogP contribution < -0.4 is 5.73 Å². The Balaban J connectivity index is 1.12. The van der Waals surface area contributed by atoms with Crippen LogP contribution in [-0.4, -0.2) is 28.2 Å². The SMILES string of the molecule is C[C@]12CC[C@H](OC(=O)[C@@H](N)Cc3ccc(O)cc3)CC1=CC[C@@H]1[C@@H]2CC[C@]2(C)C(c3cccnc3)=CC[C@@H]12. The van der Waals surface area contributed by atoms with Crippen LogP contribution in [-0.2, 0) is 16.0 Å². The maximum atomic E-state index is 12.8. The molecule has 1 aromatic heterocycles. The van der Waals surface area contributed by atoms with Crippen LogP contribution in [0.25, 0.3) is 5.57 Å². The van der Waals surface area contributed by atoms with Crippen LogP contribution in [0.1, 0.15) is 69.9 Å². The van der Waals surface area contributed by atoms with Gasteiger partial charge in [0.05, 0.1) is 0 Å². The molecule has 38 heavy (non-hydrogen) atoms. The molecule has 200 valence electrons. The predicted octanol–water partition coefficient (Wildman–Crippen LogP) is 6.23. The van der Waals surface area contributed by atoms with Gasteiger partial charge in [-0.15, -0.1) is 0 Å². The summed E-state index contributed by atoms with van der Waals surface area (Å²) in [5, 5.41) is 9.49. The van der Waals surface area contributed by atoms with E-state index in [2.05, 4.69) is 43.1 Å². The number of carbonyl (C=O) groups is 1. The Morgan fingerprint density at radius 3 is 2.63 bits per heavy atom. The first-order valence-electron chi connectivity index (χ1n) is 14.3. The van der Waals surface area contributed by atoms with E-state index in [1.165, 1.54) is 36.0 Å². The molecule has 2 aromatic rings. The van der Waals surface area contributed by atoms with Gasteiger partial charge in [0.1, 0.15) is 17.9 Å². The number of fused-ring (bicyclic) bond motifs is 5. The minimum atomic E-state index is -0.697. The molecule has 2 saturated carbocycles. The van der Waals surface area contributed by atoms with Gasteiger partial charge in [-0.2, -0.15) is 0 Å². The topological polar surface area (TPSA) is 85.4 Å². The minimum Gasteiger partial charge on any atom is -0.508 e. The maximum absolute atomic E-state index is 12.8. The Bertz CT molecular complexity index is 1250. The van der Waals surface area contributed by atoms with Gasteiger partial charge in [0.15, 0.2) is 0 Å². The first kappa shape index (κ1) is 25.4. The zero-order chi connectivity index (χ0) is 26.5. The number of aromatic hydroxyl groups is 1. The highest BCUT2D eigenvalue weighted by molar-refractivity contribution is 5.76. The van der Waals surface area contributed by atoms with E-state index in [0.717, 1.165) is 31.2 Å². The molecule has 4 aliphatic carbocycles. The van der Waals surface area contributed by atoms with Crippen molar-refractivity contribution in [3.05, 3.63) is 77.6 Å². The van der Waals surface area contributed by atoms with E-state index in [0.29, 0.717) is 24.2 Å². The molecule has 0 unspecified atom stereocenters. The Labute approximate surface area is 226 Å². The van der Waals surface area contributed by atoms with Crippen molar-refractivity contribution in [1.29, 1.82) is 0 Å². The van der Waals surface area contributed by atoms with Crippen LogP contribution in [0, 0.1) is 28.6 Å². The molecule has 0 amide bonds. The summed E-state index contributed by atoms with van der Waals surface area (Å²) in [6.45, 7) is 4.98. The van der Waals surface area contributed by atoms with E-state index >= 15 is 0 Å². The molecule has 6 rings (SSSR count). The summed E-state index contributed by atoms with van der Waals surface area (Å²) in [7, 11) is 0. The van der Waals surface area contributed by atoms with Crippen LogP contribution in [0.2, 0.25) is 0 Å². The van der Waals surface area contributed by atoms with Crippen LogP contribution in [0.15, 0.2) is 66.5 Å². The van der Waals surface area contributed by atoms with Crippen molar-refractivity contribution < 1.29 is 14.6 Å². The van der Waals surface area contributed by atoms with Crippen molar-refractivity contribution in [3.63, 3.8) is 0 Å². The number of carbonyl (C=O) groups excluding carboxylic acids is 1. The first-order valence-corrected chi connectivity index (χ1v) is 14.3. The fourth-order valence-electron chi connectivity index (χ4n) is 8.49. The molecule has 0 aliphatic heterocycles. The third-order valence-electron chi connectivity index (χ3n) is 10.6. The maximum Gasteiger partial charge on any atom is 0.323 e. The molecule has 1 heterocycles. The molecule has 0 radical (unpaired) electrons. The Morgan fingerprint density at radius 2 is 1.87 bits per heavy atom. The lowest BCUT2D eigenvalue weighted by Crippen LogP contribution is -2.50. The molecule has 4 aliphatic rings. The normalized spacial score (nSPS) is 34.7. The third kappa shape index (κ3) is 4.29. The number of esters is 1. The number of nitrogens with zero attached hydrogens (tertiary/aromatic N) is 1. The fraction of sp³-hybridized carbons (Fsp3) is 0.515. The van der Waals surface area contributed by atoms with E-state index in [-0.39, 0.29) is 28.7 Å². The van der Waals surface area contributed by atoms with Crippen LogP contribution in [0.5, 0.6) is 5.75 Å². The van der Waals surface area contributed by atoms with Gasteiger partial charge in [-0.3, -0.25) is 9.78 Å². The van der Waals surface area contributed by atoms with Crippen LogP contribution >= 0.6 is 0 Å². The summed E-state index contributed by atoms with van der Waals surface area (Å²) in [4.78, 5) is 17.2. The summed E-state index contributed by atoms with van der Waals surface area (Å²) < 4.78 is 5.96. The Morgan fingerprint density at radius 1 is 1.08 bits per heavy atom. The molecule has 0 spiro atoms. The molecule has 5 heteroatoms.